The minimum atomic E-state index is -0.992. The number of rotatable bonds is 2. The van der Waals surface area contributed by atoms with Crippen LogP contribution in [0, 0.1) is 18.6 Å². The first-order chi connectivity index (χ1) is 11.0. The molecule has 6 nitrogen and oxygen atoms in total. The van der Waals surface area contributed by atoms with Crippen molar-refractivity contribution in [1.82, 2.24) is 15.0 Å². The lowest BCUT2D eigenvalue weighted by molar-refractivity contribution is 0.187. The number of aromatic nitrogens is 2. The van der Waals surface area contributed by atoms with E-state index in [1.165, 1.54) is 6.07 Å². The van der Waals surface area contributed by atoms with Gasteiger partial charge in [0.25, 0.3) is 0 Å². The number of urea groups is 1. The molecule has 0 spiro atoms. The summed E-state index contributed by atoms with van der Waals surface area (Å²) in [7, 11) is 0. The summed E-state index contributed by atoms with van der Waals surface area (Å²) in [5.41, 5.74) is 0.226. The van der Waals surface area contributed by atoms with Crippen molar-refractivity contribution in [3.8, 4) is 0 Å². The van der Waals surface area contributed by atoms with Crippen molar-refractivity contribution in [2.24, 2.45) is 0 Å². The first-order valence-corrected chi connectivity index (χ1v) is 7.34. The molecule has 0 atom stereocenters. The van der Waals surface area contributed by atoms with Gasteiger partial charge in [-0.3, -0.25) is 0 Å². The number of carbonyl (C=O) groups excluding carboxylic acids is 1. The Morgan fingerprint density at radius 2 is 2.04 bits per heavy atom. The van der Waals surface area contributed by atoms with Gasteiger partial charge >= 0.3 is 6.03 Å². The van der Waals surface area contributed by atoms with Gasteiger partial charge in [-0.05, 0) is 31.9 Å². The van der Waals surface area contributed by atoms with E-state index in [0.29, 0.717) is 37.6 Å². The van der Waals surface area contributed by atoms with Crippen LogP contribution in [0.2, 0.25) is 0 Å². The van der Waals surface area contributed by atoms with E-state index in [4.69, 9.17) is 4.52 Å². The number of likely N-dealkylation sites (tertiary alicyclic amines) is 1. The molecular formula is C15H16F2N4O2. The van der Waals surface area contributed by atoms with Crippen LogP contribution in [0.4, 0.5) is 19.3 Å². The summed E-state index contributed by atoms with van der Waals surface area (Å²) < 4.78 is 31.2. The zero-order valence-electron chi connectivity index (χ0n) is 12.6. The molecule has 2 heterocycles. The SMILES string of the molecule is Cc1noc(C2CCN(C(=O)Nc3ccc(F)c(F)c3)CC2)n1. The maximum Gasteiger partial charge on any atom is 0.321 e. The van der Waals surface area contributed by atoms with E-state index in [1.807, 2.05) is 0 Å². The molecule has 1 aliphatic rings. The van der Waals surface area contributed by atoms with Gasteiger partial charge in [-0.25, -0.2) is 13.6 Å². The first kappa shape index (κ1) is 15.4. The van der Waals surface area contributed by atoms with Crippen molar-refractivity contribution < 1.29 is 18.1 Å². The Morgan fingerprint density at radius 1 is 1.30 bits per heavy atom. The number of halogens is 2. The van der Waals surface area contributed by atoms with E-state index in [1.54, 1.807) is 11.8 Å². The standard InChI is InChI=1S/C15H16F2N4O2/c1-9-18-14(23-20-9)10-4-6-21(7-5-10)15(22)19-11-2-3-12(16)13(17)8-11/h2-3,8,10H,4-7H2,1H3,(H,19,22). The van der Waals surface area contributed by atoms with Crippen molar-refractivity contribution in [2.45, 2.75) is 25.7 Å². The fraction of sp³-hybridized carbons (Fsp3) is 0.400. The second-order valence-corrected chi connectivity index (χ2v) is 5.50. The Morgan fingerprint density at radius 3 is 2.65 bits per heavy atom. The van der Waals surface area contributed by atoms with Crippen LogP contribution in [0.3, 0.4) is 0 Å². The van der Waals surface area contributed by atoms with Crippen molar-refractivity contribution in [3.05, 3.63) is 41.5 Å². The van der Waals surface area contributed by atoms with Gasteiger partial charge in [0.05, 0.1) is 0 Å². The van der Waals surface area contributed by atoms with Crippen LogP contribution in [0.5, 0.6) is 0 Å². The van der Waals surface area contributed by atoms with Gasteiger partial charge in [-0.1, -0.05) is 5.16 Å². The Kier molecular flexibility index (Phi) is 4.22. The lowest BCUT2D eigenvalue weighted by Crippen LogP contribution is -2.40. The Labute approximate surface area is 131 Å². The topological polar surface area (TPSA) is 71.3 Å². The number of piperidine rings is 1. The van der Waals surface area contributed by atoms with E-state index in [2.05, 4.69) is 15.5 Å². The normalized spacial score (nSPS) is 15.7. The minimum absolute atomic E-state index is 0.142. The van der Waals surface area contributed by atoms with Gasteiger partial charge < -0.3 is 14.7 Å². The smallest absolute Gasteiger partial charge is 0.321 e. The van der Waals surface area contributed by atoms with Crippen LogP contribution in [0.1, 0.15) is 30.5 Å². The monoisotopic (exact) mass is 322 g/mol. The summed E-state index contributed by atoms with van der Waals surface area (Å²) in [6, 6.07) is 2.93. The number of benzene rings is 1. The Hall–Kier alpha value is -2.51. The highest BCUT2D eigenvalue weighted by Gasteiger charge is 2.27. The van der Waals surface area contributed by atoms with E-state index in [9.17, 15) is 13.6 Å². The third-order valence-corrected chi connectivity index (χ3v) is 3.85. The van der Waals surface area contributed by atoms with Crippen molar-refractivity contribution in [3.63, 3.8) is 0 Å². The molecule has 1 aromatic carbocycles. The van der Waals surface area contributed by atoms with Crippen LogP contribution >= 0.6 is 0 Å². The molecule has 23 heavy (non-hydrogen) atoms. The van der Waals surface area contributed by atoms with E-state index >= 15 is 0 Å². The van der Waals surface area contributed by atoms with E-state index in [-0.39, 0.29) is 17.6 Å². The second kappa shape index (κ2) is 6.31. The fourth-order valence-electron chi connectivity index (χ4n) is 2.58. The molecule has 1 aromatic heterocycles. The summed E-state index contributed by atoms with van der Waals surface area (Å²) in [6.45, 7) is 2.82. The van der Waals surface area contributed by atoms with Crippen LogP contribution in [0.25, 0.3) is 0 Å². The maximum atomic E-state index is 13.1. The van der Waals surface area contributed by atoms with Gasteiger partial charge in [0.2, 0.25) is 5.89 Å². The minimum Gasteiger partial charge on any atom is -0.339 e. The Balaban J connectivity index is 1.56. The molecule has 122 valence electrons. The van der Waals surface area contributed by atoms with Crippen molar-refractivity contribution in [2.75, 3.05) is 18.4 Å². The molecule has 0 saturated carbocycles. The predicted molar refractivity (Wildman–Crippen MR) is 78.0 cm³/mol. The highest BCUT2D eigenvalue weighted by atomic mass is 19.2. The average Bonchev–Trinajstić information content (AvgIpc) is 2.97. The van der Waals surface area contributed by atoms with Gasteiger partial charge in [-0.2, -0.15) is 4.98 Å². The number of carbonyl (C=O) groups is 1. The molecule has 8 heteroatoms. The second-order valence-electron chi connectivity index (χ2n) is 5.50. The summed E-state index contributed by atoms with van der Waals surface area (Å²) in [5, 5.41) is 6.34. The molecule has 2 amide bonds. The maximum absolute atomic E-state index is 13.1. The van der Waals surface area contributed by atoms with E-state index < -0.39 is 11.6 Å². The number of nitrogens with one attached hydrogen (secondary N) is 1. The third-order valence-electron chi connectivity index (χ3n) is 3.85. The van der Waals surface area contributed by atoms with Crippen molar-refractivity contribution >= 4 is 11.7 Å². The number of anilines is 1. The third kappa shape index (κ3) is 3.46. The molecule has 1 N–H and O–H groups in total. The molecule has 1 aliphatic heterocycles. The van der Waals surface area contributed by atoms with Crippen LogP contribution in [-0.4, -0.2) is 34.2 Å². The Bertz CT molecular complexity index is 711. The predicted octanol–water partition coefficient (Wildman–Crippen LogP) is 3.07. The largest absolute Gasteiger partial charge is 0.339 e. The van der Waals surface area contributed by atoms with Crippen LogP contribution in [0.15, 0.2) is 22.7 Å². The van der Waals surface area contributed by atoms with Crippen LogP contribution < -0.4 is 5.32 Å². The van der Waals surface area contributed by atoms with Gasteiger partial charge in [0, 0.05) is 30.8 Å². The molecule has 3 rings (SSSR count). The molecule has 0 aliphatic carbocycles. The number of nitrogens with zero attached hydrogens (tertiary/aromatic N) is 3. The summed E-state index contributed by atoms with van der Waals surface area (Å²) in [6.07, 6.45) is 1.43. The molecule has 0 unspecified atom stereocenters. The van der Waals surface area contributed by atoms with Gasteiger partial charge in [0.15, 0.2) is 17.5 Å². The molecule has 0 radical (unpaired) electrons. The number of hydrogen-bond donors (Lipinski definition) is 1. The summed E-state index contributed by atoms with van der Waals surface area (Å²) in [5.74, 6) is -0.600. The van der Waals surface area contributed by atoms with Crippen LogP contribution in [-0.2, 0) is 0 Å². The highest BCUT2D eigenvalue weighted by molar-refractivity contribution is 5.89. The van der Waals surface area contributed by atoms with E-state index in [0.717, 1.165) is 12.1 Å². The summed E-state index contributed by atoms with van der Waals surface area (Å²) in [4.78, 5) is 18.0. The molecule has 2 aromatic rings. The zero-order valence-corrected chi connectivity index (χ0v) is 12.6. The number of amides is 2. The average molecular weight is 322 g/mol. The quantitative estimate of drug-likeness (QED) is 0.922. The number of hydrogen-bond acceptors (Lipinski definition) is 4. The lowest BCUT2D eigenvalue weighted by atomic mass is 9.97. The first-order valence-electron chi connectivity index (χ1n) is 7.34. The number of aryl methyl sites for hydroxylation is 1. The molecule has 1 saturated heterocycles. The lowest BCUT2D eigenvalue weighted by Gasteiger charge is -2.30. The molecule has 0 bridgehead atoms. The van der Waals surface area contributed by atoms with Gasteiger partial charge in [-0.15, -0.1) is 0 Å². The molecule has 1 fully saturated rings. The van der Waals surface area contributed by atoms with Gasteiger partial charge in [0.1, 0.15) is 0 Å². The summed E-state index contributed by atoms with van der Waals surface area (Å²) >= 11 is 0. The molecular weight excluding hydrogens is 306 g/mol. The van der Waals surface area contributed by atoms with Crippen molar-refractivity contribution in [1.29, 1.82) is 0 Å². The zero-order chi connectivity index (χ0) is 16.4. The fourth-order valence-corrected chi connectivity index (χ4v) is 2.58. The highest BCUT2D eigenvalue weighted by Crippen LogP contribution is 2.27.